The minimum Gasteiger partial charge on any atom is -0.398 e. The molecule has 3 atom stereocenters. The molecular weight excluding hydrogens is 246 g/mol. The van der Waals surface area contributed by atoms with Gasteiger partial charge in [-0.1, -0.05) is 6.07 Å². The van der Waals surface area contributed by atoms with E-state index in [1.807, 2.05) is 25.1 Å². The molecule has 1 aliphatic carbocycles. The third-order valence-electron chi connectivity index (χ3n) is 3.60. The first-order valence-corrected chi connectivity index (χ1v) is 7.62. The molecule has 1 aromatic rings. The van der Waals surface area contributed by atoms with Crippen LogP contribution in [0.1, 0.15) is 31.2 Å². The molecule has 0 bridgehead atoms. The summed E-state index contributed by atoms with van der Waals surface area (Å²) in [5.41, 5.74) is 7.72. The van der Waals surface area contributed by atoms with E-state index in [0.717, 1.165) is 36.1 Å². The summed E-state index contributed by atoms with van der Waals surface area (Å²) in [7, 11) is 0.715. The first-order chi connectivity index (χ1) is 8.61. The predicted octanol–water partition coefficient (Wildman–Crippen LogP) is 2.64. The molecular formula is C14H21NO2S. The molecule has 2 N–H and O–H groups in total. The molecule has 1 fully saturated rings. The molecule has 18 heavy (non-hydrogen) atoms. The molecule has 2 rings (SSSR count). The van der Waals surface area contributed by atoms with Crippen LogP contribution in [0.3, 0.4) is 0 Å². The fourth-order valence-corrected chi connectivity index (χ4v) is 4.16. The number of nitrogen functional groups attached to an aromatic ring is 1. The maximum atomic E-state index is 12.6. The zero-order valence-electron chi connectivity index (χ0n) is 11.0. The van der Waals surface area contributed by atoms with E-state index >= 15 is 0 Å². The van der Waals surface area contributed by atoms with Crippen molar-refractivity contribution in [3.05, 3.63) is 23.8 Å². The van der Waals surface area contributed by atoms with Crippen molar-refractivity contribution < 1.29 is 8.95 Å². The monoisotopic (exact) mass is 267 g/mol. The van der Waals surface area contributed by atoms with Crippen LogP contribution in [0.15, 0.2) is 23.1 Å². The Morgan fingerprint density at radius 1 is 1.39 bits per heavy atom. The maximum Gasteiger partial charge on any atom is 0.0620 e. The SMILES string of the molecule is COC1CCCC(S(=O)c2ccc(C)cc2N)C1. The van der Waals surface area contributed by atoms with Crippen molar-refractivity contribution in [2.45, 2.75) is 48.9 Å². The van der Waals surface area contributed by atoms with E-state index in [1.165, 1.54) is 0 Å². The quantitative estimate of drug-likeness (QED) is 0.857. The fraction of sp³-hybridized carbons (Fsp3) is 0.571. The number of hydrogen-bond acceptors (Lipinski definition) is 3. The van der Waals surface area contributed by atoms with Crippen LogP contribution in [0.5, 0.6) is 0 Å². The van der Waals surface area contributed by atoms with Crippen LogP contribution >= 0.6 is 0 Å². The molecule has 0 aromatic heterocycles. The highest BCUT2D eigenvalue weighted by Gasteiger charge is 2.27. The molecule has 3 nitrogen and oxygen atoms in total. The summed E-state index contributed by atoms with van der Waals surface area (Å²) in [4.78, 5) is 0.780. The maximum absolute atomic E-state index is 12.6. The summed E-state index contributed by atoms with van der Waals surface area (Å²) >= 11 is 0. The van der Waals surface area contributed by atoms with Crippen LogP contribution < -0.4 is 5.73 Å². The van der Waals surface area contributed by atoms with Crippen LogP contribution in [0.4, 0.5) is 5.69 Å². The molecule has 0 radical (unpaired) electrons. The second-order valence-electron chi connectivity index (χ2n) is 4.99. The molecule has 3 unspecified atom stereocenters. The van der Waals surface area contributed by atoms with E-state index in [2.05, 4.69) is 0 Å². The number of ether oxygens (including phenoxy) is 1. The Kier molecular flexibility index (Phi) is 4.40. The lowest BCUT2D eigenvalue weighted by molar-refractivity contribution is 0.0725. The smallest absolute Gasteiger partial charge is 0.0620 e. The Bertz CT molecular complexity index is 447. The number of benzene rings is 1. The van der Waals surface area contributed by atoms with Gasteiger partial charge in [-0.15, -0.1) is 0 Å². The normalized spacial score (nSPS) is 25.9. The third-order valence-corrected chi connectivity index (χ3v) is 5.44. The van der Waals surface area contributed by atoms with Crippen LogP contribution in [-0.2, 0) is 15.5 Å². The van der Waals surface area contributed by atoms with Crippen LogP contribution in [0.25, 0.3) is 0 Å². The van der Waals surface area contributed by atoms with Gasteiger partial charge < -0.3 is 10.5 Å². The van der Waals surface area contributed by atoms with Gasteiger partial charge in [-0.2, -0.15) is 0 Å². The second kappa shape index (κ2) is 5.85. The summed E-state index contributed by atoms with van der Waals surface area (Å²) in [6, 6.07) is 5.77. The molecule has 1 aliphatic rings. The Hall–Kier alpha value is -0.870. The summed E-state index contributed by atoms with van der Waals surface area (Å²) in [6.07, 6.45) is 4.28. The third kappa shape index (κ3) is 2.93. The minimum absolute atomic E-state index is 0.175. The number of nitrogens with two attached hydrogens (primary N) is 1. The van der Waals surface area contributed by atoms with E-state index in [9.17, 15) is 4.21 Å². The van der Waals surface area contributed by atoms with E-state index in [4.69, 9.17) is 10.5 Å². The van der Waals surface area contributed by atoms with Gasteiger partial charge in [0, 0.05) is 18.0 Å². The van der Waals surface area contributed by atoms with Crippen molar-refractivity contribution in [3.8, 4) is 0 Å². The number of rotatable bonds is 3. The first-order valence-electron chi connectivity index (χ1n) is 6.41. The van der Waals surface area contributed by atoms with Gasteiger partial charge in [-0.3, -0.25) is 4.21 Å². The molecule has 0 amide bonds. The van der Waals surface area contributed by atoms with Crippen LogP contribution in [0, 0.1) is 6.92 Å². The van der Waals surface area contributed by atoms with Gasteiger partial charge in [0.05, 0.1) is 21.8 Å². The van der Waals surface area contributed by atoms with Gasteiger partial charge in [-0.05, 0) is 50.3 Å². The summed E-state index contributed by atoms with van der Waals surface area (Å²) in [5.74, 6) is 0. The first kappa shape index (κ1) is 13.6. The molecule has 100 valence electrons. The van der Waals surface area contributed by atoms with Gasteiger partial charge in [-0.25, -0.2) is 0 Å². The number of anilines is 1. The zero-order valence-corrected chi connectivity index (χ0v) is 11.8. The Balaban J connectivity index is 2.15. The van der Waals surface area contributed by atoms with Crippen molar-refractivity contribution in [1.82, 2.24) is 0 Å². The zero-order chi connectivity index (χ0) is 13.1. The van der Waals surface area contributed by atoms with Crippen molar-refractivity contribution in [2.75, 3.05) is 12.8 Å². The standard InChI is InChI=1S/C14H21NO2S/c1-10-6-7-14(13(15)8-10)18(16)12-5-3-4-11(9-12)17-2/h6-8,11-12H,3-5,9,15H2,1-2H3. The highest BCUT2D eigenvalue weighted by Crippen LogP contribution is 2.29. The van der Waals surface area contributed by atoms with Crippen molar-refractivity contribution in [1.29, 1.82) is 0 Å². The molecule has 0 aliphatic heterocycles. The summed E-state index contributed by atoms with van der Waals surface area (Å²) < 4.78 is 18.0. The highest BCUT2D eigenvalue weighted by molar-refractivity contribution is 7.85. The van der Waals surface area contributed by atoms with Crippen molar-refractivity contribution in [2.24, 2.45) is 0 Å². The van der Waals surface area contributed by atoms with Crippen LogP contribution in [-0.4, -0.2) is 22.7 Å². The van der Waals surface area contributed by atoms with E-state index in [0.29, 0.717) is 5.69 Å². The molecule has 0 heterocycles. The van der Waals surface area contributed by atoms with Gasteiger partial charge >= 0.3 is 0 Å². The molecule has 1 aromatic carbocycles. The Morgan fingerprint density at radius 3 is 2.83 bits per heavy atom. The molecule has 0 spiro atoms. The number of aryl methyl sites for hydroxylation is 1. The minimum atomic E-state index is -1.02. The lowest BCUT2D eigenvalue weighted by Crippen LogP contribution is -2.28. The lowest BCUT2D eigenvalue weighted by atomic mass is 9.97. The molecule has 4 heteroatoms. The van der Waals surface area contributed by atoms with Gasteiger partial charge in [0.25, 0.3) is 0 Å². The Labute approximate surface area is 111 Å². The average Bonchev–Trinajstić information content (AvgIpc) is 2.38. The van der Waals surface area contributed by atoms with E-state index < -0.39 is 10.8 Å². The largest absolute Gasteiger partial charge is 0.398 e. The van der Waals surface area contributed by atoms with E-state index in [-0.39, 0.29) is 11.4 Å². The predicted molar refractivity (Wildman–Crippen MR) is 75.1 cm³/mol. The van der Waals surface area contributed by atoms with Crippen LogP contribution in [0.2, 0.25) is 0 Å². The Morgan fingerprint density at radius 2 is 2.17 bits per heavy atom. The summed E-state index contributed by atoms with van der Waals surface area (Å²) in [6.45, 7) is 1.99. The average molecular weight is 267 g/mol. The molecule has 0 saturated heterocycles. The fourth-order valence-electron chi connectivity index (χ4n) is 2.54. The second-order valence-corrected chi connectivity index (χ2v) is 6.69. The lowest BCUT2D eigenvalue weighted by Gasteiger charge is -2.27. The van der Waals surface area contributed by atoms with Gasteiger partial charge in [0.2, 0.25) is 0 Å². The highest BCUT2D eigenvalue weighted by atomic mass is 32.2. The van der Waals surface area contributed by atoms with Gasteiger partial charge in [0.1, 0.15) is 0 Å². The van der Waals surface area contributed by atoms with E-state index in [1.54, 1.807) is 7.11 Å². The topological polar surface area (TPSA) is 52.3 Å². The number of hydrogen-bond donors (Lipinski definition) is 1. The summed E-state index contributed by atoms with van der Waals surface area (Å²) in [5, 5.41) is 0.175. The number of methoxy groups -OCH3 is 1. The van der Waals surface area contributed by atoms with Gasteiger partial charge in [0.15, 0.2) is 0 Å². The molecule has 1 saturated carbocycles. The van der Waals surface area contributed by atoms with Crippen molar-refractivity contribution in [3.63, 3.8) is 0 Å². The van der Waals surface area contributed by atoms with Crippen molar-refractivity contribution >= 4 is 16.5 Å².